The number of hydrogen-bond acceptors (Lipinski definition) is 3. The highest BCUT2D eigenvalue weighted by atomic mass is 16.4. The molecule has 0 radical (unpaired) electrons. The number of hydrogen-bond donors (Lipinski definition) is 3. The average Bonchev–Trinajstić information content (AvgIpc) is 2.42. The van der Waals surface area contributed by atoms with Crippen molar-refractivity contribution >= 4 is 11.9 Å². The smallest absolute Gasteiger partial charge is 0.306 e. The largest absolute Gasteiger partial charge is 0.481 e. The van der Waals surface area contributed by atoms with Crippen LogP contribution in [0.1, 0.15) is 51.9 Å². The Bertz CT molecular complexity index is 288. The SMILES string of the molecule is CC(CCCNC(=O)CCC1CCCCN1)C(=O)O. The quantitative estimate of drug-likeness (QED) is 0.584. The number of carbonyl (C=O) groups excluding carboxylic acids is 1. The van der Waals surface area contributed by atoms with E-state index in [4.69, 9.17) is 5.11 Å². The second-order valence-electron chi connectivity index (χ2n) is 5.42. The Kier molecular flexibility index (Phi) is 7.48. The van der Waals surface area contributed by atoms with E-state index < -0.39 is 5.97 Å². The Labute approximate surface area is 115 Å². The van der Waals surface area contributed by atoms with Gasteiger partial charge in [-0.05, 0) is 38.6 Å². The van der Waals surface area contributed by atoms with Gasteiger partial charge in [-0.3, -0.25) is 9.59 Å². The fourth-order valence-electron chi connectivity index (χ4n) is 2.32. The fraction of sp³-hybridized carbons (Fsp3) is 0.857. The second kappa shape index (κ2) is 8.91. The lowest BCUT2D eigenvalue weighted by Gasteiger charge is -2.23. The Hall–Kier alpha value is -1.10. The van der Waals surface area contributed by atoms with E-state index in [1.807, 2.05) is 0 Å². The van der Waals surface area contributed by atoms with Crippen LogP contribution >= 0.6 is 0 Å². The maximum absolute atomic E-state index is 11.6. The number of carbonyl (C=O) groups is 2. The standard InChI is InChI=1S/C14H26N2O3/c1-11(14(18)19)5-4-10-16-13(17)8-7-12-6-2-3-9-15-12/h11-12,15H,2-10H2,1H3,(H,16,17)(H,18,19). The molecule has 5 heteroatoms. The van der Waals surface area contributed by atoms with Crippen molar-refractivity contribution in [2.45, 2.75) is 57.9 Å². The molecule has 1 rings (SSSR count). The van der Waals surface area contributed by atoms with Crippen LogP contribution in [0, 0.1) is 5.92 Å². The van der Waals surface area contributed by atoms with E-state index >= 15 is 0 Å². The minimum Gasteiger partial charge on any atom is -0.481 e. The van der Waals surface area contributed by atoms with Gasteiger partial charge in [0.1, 0.15) is 0 Å². The van der Waals surface area contributed by atoms with Crippen molar-refractivity contribution < 1.29 is 14.7 Å². The number of amides is 1. The first kappa shape index (κ1) is 16.0. The first-order valence-electron chi connectivity index (χ1n) is 7.32. The molecular formula is C14H26N2O3. The number of aliphatic carboxylic acids is 1. The highest BCUT2D eigenvalue weighted by molar-refractivity contribution is 5.75. The van der Waals surface area contributed by atoms with E-state index in [0.29, 0.717) is 25.4 Å². The molecule has 2 unspecified atom stereocenters. The van der Waals surface area contributed by atoms with E-state index in [1.165, 1.54) is 19.3 Å². The molecule has 1 aliphatic heterocycles. The second-order valence-corrected chi connectivity index (χ2v) is 5.42. The summed E-state index contributed by atoms with van der Waals surface area (Å²) in [6.45, 7) is 3.34. The molecule has 0 aromatic heterocycles. The molecule has 0 bridgehead atoms. The Balaban J connectivity index is 2.00. The van der Waals surface area contributed by atoms with E-state index in [1.54, 1.807) is 6.92 Å². The van der Waals surface area contributed by atoms with Crippen LogP contribution in [0.3, 0.4) is 0 Å². The molecule has 0 aromatic rings. The van der Waals surface area contributed by atoms with Gasteiger partial charge in [0.2, 0.25) is 5.91 Å². The third kappa shape index (κ3) is 7.15. The van der Waals surface area contributed by atoms with Crippen molar-refractivity contribution in [3.63, 3.8) is 0 Å². The maximum Gasteiger partial charge on any atom is 0.306 e. The van der Waals surface area contributed by atoms with E-state index in [-0.39, 0.29) is 11.8 Å². The molecule has 0 aromatic carbocycles. The summed E-state index contributed by atoms with van der Waals surface area (Å²) in [6, 6.07) is 0.492. The van der Waals surface area contributed by atoms with Gasteiger partial charge in [0.05, 0.1) is 5.92 Å². The number of carboxylic acids is 1. The Morgan fingerprint density at radius 3 is 2.84 bits per heavy atom. The predicted octanol–water partition coefficient (Wildman–Crippen LogP) is 1.53. The molecule has 1 fully saturated rings. The lowest BCUT2D eigenvalue weighted by atomic mass is 10.0. The summed E-state index contributed by atoms with van der Waals surface area (Å²) in [5.74, 6) is -1.02. The molecule has 0 spiro atoms. The van der Waals surface area contributed by atoms with Gasteiger partial charge in [-0.25, -0.2) is 0 Å². The van der Waals surface area contributed by atoms with Gasteiger partial charge in [-0.2, -0.15) is 0 Å². The zero-order valence-corrected chi connectivity index (χ0v) is 11.8. The van der Waals surface area contributed by atoms with Gasteiger partial charge in [-0.15, -0.1) is 0 Å². The van der Waals surface area contributed by atoms with Gasteiger partial charge in [0.15, 0.2) is 0 Å². The topological polar surface area (TPSA) is 78.4 Å². The van der Waals surface area contributed by atoms with Crippen molar-refractivity contribution in [1.29, 1.82) is 0 Å². The lowest BCUT2D eigenvalue weighted by Crippen LogP contribution is -2.35. The summed E-state index contributed by atoms with van der Waals surface area (Å²) in [6.07, 6.45) is 6.46. The Morgan fingerprint density at radius 1 is 1.42 bits per heavy atom. The average molecular weight is 270 g/mol. The van der Waals surface area contributed by atoms with Gasteiger partial charge in [0.25, 0.3) is 0 Å². The van der Waals surface area contributed by atoms with Gasteiger partial charge in [-0.1, -0.05) is 13.3 Å². The van der Waals surface area contributed by atoms with Gasteiger partial charge < -0.3 is 15.7 Å². The zero-order chi connectivity index (χ0) is 14.1. The summed E-state index contributed by atoms with van der Waals surface area (Å²) < 4.78 is 0. The number of carboxylic acid groups (broad SMARTS) is 1. The van der Waals surface area contributed by atoms with Crippen LogP contribution in [0.2, 0.25) is 0 Å². The van der Waals surface area contributed by atoms with Crippen molar-refractivity contribution in [3.05, 3.63) is 0 Å². The third-order valence-electron chi connectivity index (χ3n) is 3.69. The minimum atomic E-state index is -0.769. The number of nitrogens with one attached hydrogen (secondary N) is 2. The molecule has 1 aliphatic rings. The molecule has 1 heterocycles. The van der Waals surface area contributed by atoms with E-state index in [2.05, 4.69) is 10.6 Å². The number of rotatable bonds is 8. The first-order chi connectivity index (χ1) is 9.09. The molecule has 1 amide bonds. The molecule has 19 heavy (non-hydrogen) atoms. The lowest BCUT2D eigenvalue weighted by molar-refractivity contribution is -0.141. The number of piperidine rings is 1. The molecule has 1 saturated heterocycles. The molecule has 0 aliphatic carbocycles. The third-order valence-corrected chi connectivity index (χ3v) is 3.69. The molecular weight excluding hydrogens is 244 g/mol. The van der Waals surface area contributed by atoms with Gasteiger partial charge >= 0.3 is 5.97 Å². The molecule has 110 valence electrons. The monoisotopic (exact) mass is 270 g/mol. The van der Waals surface area contributed by atoms with Crippen LogP contribution in [0.4, 0.5) is 0 Å². The van der Waals surface area contributed by atoms with Crippen LogP contribution in [0.25, 0.3) is 0 Å². The molecule has 5 nitrogen and oxygen atoms in total. The van der Waals surface area contributed by atoms with Gasteiger partial charge in [0, 0.05) is 19.0 Å². The minimum absolute atomic E-state index is 0.0790. The highest BCUT2D eigenvalue weighted by Gasteiger charge is 2.14. The van der Waals surface area contributed by atoms with E-state index in [9.17, 15) is 9.59 Å². The summed E-state index contributed by atoms with van der Waals surface area (Å²) in [5, 5.41) is 15.0. The normalized spacial score (nSPS) is 20.8. The Morgan fingerprint density at radius 2 is 2.21 bits per heavy atom. The van der Waals surface area contributed by atoms with Crippen molar-refractivity contribution in [2.24, 2.45) is 5.92 Å². The maximum atomic E-state index is 11.6. The van der Waals surface area contributed by atoms with Crippen LogP contribution in [0.15, 0.2) is 0 Å². The summed E-state index contributed by atoms with van der Waals surface area (Å²) in [7, 11) is 0. The highest BCUT2D eigenvalue weighted by Crippen LogP contribution is 2.11. The van der Waals surface area contributed by atoms with Crippen LogP contribution in [0.5, 0.6) is 0 Å². The zero-order valence-electron chi connectivity index (χ0n) is 11.8. The molecule has 2 atom stereocenters. The molecule has 3 N–H and O–H groups in total. The summed E-state index contributed by atoms with van der Waals surface area (Å²) >= 11 is 0. The fourth-order valence-corrected chi connectivity index (χ4v) is 2.32. The summed E-state index contributed by atoms with van der Waals surface area (Å²) in [5.41, 5.74) is 0. The van der Waals surface area contributed by atoms with Crippen molar-refractivity contribution in [2.75, 3.05) is 13.1 Å². The van der Waals surface area contributed by atoms with Crippen molar-refractivity contribution in [1.82, 2.24) is 10.6 Å². The molecule has 0 saturated carbocycles. The summed E-state index contributed by atoms with van der Waals surface area (Å²) in [4.78, 5) is 22.2. The van der Waals surface area contributed by atoms with Crippen molar-refractivity contribution in [3.8, 4) is 0 Å². The van der Waals surface area contributed by atoms with Crippen LogP contribution < -0.4 is 10.6 Å². The van der Waals surface area contributed by atoms with Crippen LogP contribution in [-0.2, 0) is 9.59 Å². The van der Waals surface area contributed by atoms with E-state index in [0.717, 1.165) is 19.4 Å². The first-order valence-corrected chi connectivity index (χ1v) is 7.32. The van der Waals surface area contributed by atoms with Crippen LogP contribution in [-0.4, -0.2) is 36.1 Å². The predicted molar refractivity (Wildman–Crippen MR) is 73.9 cm³/mol.